The number of aliphatic hydroxyl groups excluding tert-OH is 1. The van der Waals surface area contributed by atoms with Crippen LogP contribution in [-0.2, 0) is 14.2 Å². The first-order chi connectivity index (χ1) is 7.70. The third-order valence-corrected chi connectivity index (χ3v) is 2.55. The molecule has 0 saturated carbocycles. The number of aliphatic hydroxyl groups is 2. The largest absolute Gasteiger partial charge is 0.396 e. The molecule has 16 heavy (non-hydrogen) atoms. The summed E-state index contributed by atoms with van der Waals surface area (Å²) in [4.78, 5) is 0. The molecule has 5 heteroatoms. The second-order valence-corrected chi connectivity index (χ2v) is 4.18. The number of epoxide rings is 1. The molecule has 2 N–H and O–H groups in total. The molecule has 96 valence electrons. The average molecular weight is 234 g/mol. The number of hydrogen-bond donors (Lipinski definition) is 2. The van der Waals surface area contributed by atoms with Crippen molar-refractivity contribution in [1.29, 1.82) is 0 Å². The summed E-state index contributed by atoms with van der Waals surface area (Å²) >= 11 is 0. The molecule has 0 aromatic heterocycles. The van der Waals surface area contributed by atoms with Gasteiger partial charge in [0.05, 0.1) is 26.4 Å². The number of hydrogen-bond acceptors (Lipinski definition) is 5. The minimum Gasteiger partial charge on any atom is -0.396 e. The van der Waals surface area contributed by atoms with Gasteiger partial charge in [0.1, 0.15) is 11.7 Å². The maximum absolute atomic E-state index is 10.1. The van der Waals surface area contributed by atoms with E-state index in [2.05, 4.69) is 0 Å². The van der Waals surface area contributed by atoms with Crippen LogP contribution in [0, 0.1) is 0 Å². The summed E-state index contributed by atoms with van der Waals surface area (Å²) in [6, 6.07) is 0. The Morgan fingerprint density at radius 3 is 2.62 bits per heavy atom. The molecule has 5 nitrogen and oxygen atoms in total. The highest BCUT2D eigenvalue weighted by molar-refractivity contribution is 4.77. The first-order valence-electron chi connectivity index (χ1n) is 5.80. The summed E-state index contributed by atoms with van der Waals surface area (Å²) in [6.45, 7) is 4.28. The van der Waals surface area contributed by atoms with Crippen LogP contribution < -0.4 is 0 Å². The van der Waals surface area contributed by atoms with Gasteiger partial charge in [-0.15, -0.1) is 0 Å². The zero-order chi connectivity index (χ0) is 11.9. The first kappa shape index (κ1) is 13.9. The Balaban J connectivity index is 2.08. The Kier molecular flexibility index (Phi) is 6.23. The monoisotopic (exact) mass is 234 g/mol. The van der Waals surface area contributed by atoms with E-state index in [4.69, 9.17) is 19.3 Å². The average Bonchev–Trinajstić information content (AvgIpc) is 3.09. The van der Waals surface area contributed by atoms with E-state index in [1.165, 1.54) is 0 Å². The van der Waals surface area contributed by atoms with E-state index in [-0.39, 0.29) is 25.9 Å². The molecule has 0 aliphatic carbocycles. The Morgan fingerprint density at radius 1 is 1.38 bits per heavy atom. The quantitative estimate of drug-likeness (QED) is 0.409. The van der Waals surface area contributed by atoms with Crippen molar-refractivity contribution in [3.05, 3.63) is 0 Å². The van der Waals surface area contributed by atoms with Crippen LogP contribution in [0.15, 0.2) is 0 Å². The minimum atomic E-state index is -0.926. The van der Waals surface area contributed by atoms with Crippen LogP contribution in [0.25, 0.3) is 0 Å². The molecular formula is C11H22O5. The van der Waals surface area contributed by atoms with Crippen LogP contribution in [-0.4, -0.2) is 61.6 Å². The fourth-order valence-electron chi connectivity index (χ4n) is 1.22. The van der Waals surface area contributed by atoms with Crippen LogP contribution in [0.5, 0.6) is 0 Å². The molecule has 1 aliphatic heterocycles. The van der Waals surface area contributed by atoms with Crippen LogP contribution >= 0.6 is 0 Å². The molecule has 0 aromatic carbocycles. The Bertz CT molecular complexity index is 183. The molecule has 1 saturated heterocycles. The van der Waals surface area contributed by atoms with Crippen molar-refractivity contribution in [2.45, 2.75) is 31.5 Å². The second kappa shape index (κ2) is 7.19. The van der Waals surface area contributed by atoms with Gasteiger partial charge in [-0.05, 0) is 12.8 Å². The van der Waals surface area contributed by atoms with Crippen molar-refractivity contribution in [3.8, 4) is 0 Å². The summed E-state index contributed by atoms with van der Waals surface area (Å²) in [5.74, 6) is 0. The molecule has 1 aliphatic rings. The second-order valence-electron chi connectivity index (χ2n) is 4.18. The predicted molar refractivity (Wildman–Crippen MR) is 58.3 cm³/mol. The lowest BCUT2D eigenvalue weighted by molar-refractivity contribution is -0.0996. The van der Waals surface area contributed by atoms with Crippen LogP contribution in [0.2, 0.25) is 0 Å². The molecule has 1 fully saturated rings. The third-order valence-electron chi connectivity index (χ3n) is 2.55. The van der Waals surface area contributed by atoms with Gasteiger partial charge in [-0.1, -0.05) is 6.92 Å². The molecule has 0 spiro atoms. The maximum Gasteiger partial charge on any atom is 0.111 e. The molecule has 1 rings (SSSR count). The SMILES string of the molecule is CCC(O)(COCCCO)COCC1CO1. The lowest BCUT2D eigenvalue weighted by Gasteiger charge is -2.26. The van der Waals surface area contributed by atoms with Crippen LogP contribution in [0.1, 0.15) is 19.8 Å². The molecule has 2 unspecified atom stereocenters. The Morgan fingerprint density at radius 2 is 2.06 bits per heavy atom. The van der Waals surface area contributed by atoms with E-state index in [1.807, 2.05) is 6.92 Å². The zero-order valence-electron chi connectivity index (χ0n) is 9.85. The highest BCUT2D eigenvalue weighted by Crippen LogP contribution is 2.14. The summed E-state index contributed by atoms with van der Waals surface area (Å²) in [6.07, 6.45) is 1.39. The standard InChI is InChI=1S/C11H22O5/c1-2-11(13,8-14-5-3-4-12)9-15-6-10-7-16-10/h10,12-13H,2-9H2,1H3. The molecular weight excluding hydrogens is 212 g/mol. The Labute approximate surface area is 96.3 Å². The Hall–Kier alpha value is -0.200. The molecule has 0 amide bonds. The molecule has 0 aromatic rings. The van der Waals surface area contributed by atoms with E-state index in [0.717, 1.165) is 6.61 Å². The van der Waals surface area contributed by atoms with Crippen molar-refractivity contribution < 1.29 is 24.4 Å². The van der Waals surface area contributed by atoms with Gasteiger partial charge in [0, 0.05) is 13.2 Å². The van der Waals surface area contributed by atoms with Crippen molar-refractivity contribution in [3.63, 3.8) is 0 Å². The lowest BCUT2D eigenvalue weighted by atomic mass is 10.0. The topological polar surface area (TPSA) is 71.5 Å². The summed E-state index contributed by atoms with van der Waals surface area (Å²) < 4.78 is 15.7. The lowest BCUT2D eigenvalue weighted by Crippen LogP contribution is -2.39. The number of ether oxygens (including phenoxy) is 3. The van der Waals surface area contributed by atoms with Crippen molar-refractivity contribution in [1.82, 2.24) is 0 Å². The fourth-order valence-corrected chi connectivity index (χ4v) is 1.22. The van der Waals surface area contributed by atoms with E-state index < -0.39 is 5.60 Å². The van der Waals surface area contributed by atoms with Gasteiger partial charge >= 0.3 is 0 Å². The van der Waals surface area contributed by atoms with E-state index in [0.29, 0.717) is 26.1 Å². The highest BCUT2D eigenvalue weighted by Gasteiger charge is 2.28. The third kappa shape index (κ3) is 5.77. The highest BCUT2D eigenvalue weighted by atomic mass is 16.6. The van der Waals surface area contributed by atoms with Gasteiger partial charge in [0.15, 0.2) is 0 Å². The minimum absolute atomic E-state index is 0.111. The fraction of sp³-hybridized carbons (Fsp3) is 1.00. The van der Waals surface area contributed by atoms with Gasteiger partial charge in [-0.3, -0.25) is 0 Å². The smallest absolute Gasteiger partial charge is 0.111 e. The summed E-state index contributed by atoms with van der Waals surface area (Å²) in [5, 5.41) is 18.7. The normalized spacial score (nSPS) is 23.1. The van der Waals surface area contributed by atoms with Crippen molar-refractivity contribution >= 4 is 0 Å². The van der Waals surface area contributed by atoms with Gasteiger partial charge in [-0.25, -0.2) is 0 Å². The first-order valence-corrected chi connectivity index (χ1v) is 5.80. The van der Waals surface area contributed by atoms with Gasteiger partial charge in [0.25, 0.3) is 0 Å². The predicted octanol–water partition coefficient (Wildman–Crippen LogP) is -0.0581. The van der Waals surface area contributed by atoms with E-state index in [9.17, 15) is 5.11 Å². The molecule has 2 atom stereocenters. The number of rotatable bonds is 10. The molecule has 0 bridgehead atoms. The van der Waals surface area contributed by atoms with Gasteiger partial charge in [-0.2, -0.15) is 0 Å². The van der Waals surface area contributed by atoms with Gasteiger partial charge < -0.3 is 24.4 Å². The molecule has 0 radical (unpaired) electrons. The zero-order valence-corrected chi connectivity index (χ0v) is 9.85. The van der Waals surface area contributed by atoms with Crippen LogP contribution in [0.4, 0.5) is 0 Å². The van der Waals surface area contributed by atoms with Crippen LogP contribution in [0.3, 0.4) is 0 Å². The summed E-state index contributed by atoms with van der Waals surface area (Å²) in [5.41, 5.74) is -0.926. The maximum atomic E-state index is 10.1. The summed E-state index contributed by atoms with van der Waals surface area (Å²) in [7, 11) is 0. The van der Waals surface area contributed by atoms with Gasteiger partial charge in [0.2, 0.25) is 0 Å². The van der Waals surface area contributed by atoms with Crippen molar-refractivity contribution in [2.75, 3.05) is 39.6 Å². The van der Waals surface area contributed by atoms with E-state index in [1.54, 1.807) is 0 Å². The van der Waals surface area contributed by atoms with Crippen molar-refractivity contribution in [2.24, 2.45) is 0 Å². The van der Waals surface area contributed by atoms with E-state index >= 15 is 0 Å². The molecule has 1 heterocycles.